The number of rotatable bonds is 2. The number of fused-ring (bicyclic) bond motifs is 1. The second-order valence-electron chi connectivity index (χ2n) is 5.43. The van der Waals surface area contributed by atoms with E-state index in [0.29, 0.717) is 32.5 Å². The van der Waals surface area contributed by atoms with Gasteiger partial charge in [-0.1, -0.05) is 11.6 Å². The fourth-order valence-corrected chi connectivity index (χ4v) is 2.71. The van der Waals surface area contributed by atoms with Crippen LogP contribution in [-0.4, -0.2) is 34.2 Å². The van der Waals surface area contributed by atoms with Crippen molar-refractivity contribution in [2.24, 2.45) is 0 Å². The van der Waals surface area contributed by atoms with Crippen molar-refractivity contribution in [2.75, 3.05) is 13.1 Å². The number of Topliss-reactive ketones (excluding diaryl/α,β-unsaturated/α-hetero) is 1. The number of benzene rings is 1. The second kappa shape index (κ2) is 5.12. The van der Waals surface area contributed by atoms with E-state index < -0.39 is 0 Å². The molecular weight excluding hydrogens is 252 g/mol. The first-order chi connectivity index (χ1) is 9.63. The van der Waals surface area contributed by atoms with Crippen LogP contribution < -0.4 is 0 Å². The van der Waals surface area contributed by atoms with Gasteiger partial charge in [-0.15, -0.1) is 0 Å². The van der Waals surface area contributed by atoms with Crippen molar-refractivity contribution in [3.05, 3.63) is 36.0 Å². The summed E-state index contributed by atoms with van der Waals surface area (Å²) in [5.41, 5.74) is 2.30. The molecule has 1 amide bonds. The zero-order valence-electron chi connectivity index (χ0n) is 11.6. The highest BCUT2D eigenvalue weighted by atomic mass is 16.2. The van der Waals surface area contributed by atoms with Crippen LogP contribution in [0.2, 0.25) is 0 Å². The number of amides is 1. The van der Waals surface area contributed by atoms with E-state index in [-0.39, 0.29) is 11.7 Å². The lowest BCUT2D eigenvalue weighted by Gasteiger charge is -2.26. The van der Waals surface area contributed by atoms with Crippen LogP contribution in [0.25, 0.3) is 10.9 Å². The first-order valence-electron chi connectivity index (χ1n) is 6.98. The number of hydrogen-bond acceptors (Lipinski definition) is 2. The summed E-state index contributed by atoms with van der Waals surface area (Å²) in [6.07, 6.45) is 2.95. The standard InChI is InChI=1S/C16H18N2O2/c1-12-2-3-15-13(10-12)4-7-18(15)11-16(20)17-8-5-14(19)6-9-17/h2-4,7,10H,5-6,8-9,11H2,1H3. The average Bonchev–Trinajstić information content (AvgIpc) is 2.81. The second-order valence-corrected chi connectivity index (χ2v) is 5.43. The molecule has 0 spiro atoms. The Hall–Kier alpha value is -2.10. The lowest BCUT2D eigenvalue weighted by molar-refractivity contribution is -0.135. The van der Waals surface area contributed by atoms with Crippen LogP contribution in [0.1, 0.15) is 18.4 Å². The highest BCUT2D eigenvalue weighted by molar-refractivity contribution is 5.85. The minimum absolute atomic E-state index is 0.0931. The Kier molecular flexibility index (Phi) is 3.30. The molecule has 0 saturated carbocycles. The van der Waals surface area contributed by atoms with Crippen LogP contribution in [0.5, 0.6) is 0 Å². The summed E-state index contributed by atoms with van der Waals surface area (Å²) in [6, 6.07) is 8.27. The number of hydrogen-bond donors (Lipinski definition) is 0. The Morgan fingerprint density at radius 3 is 2.70 bits per heavy atom. The first kappa shape index (κ1) is 12.9. The number of carbonyl (C=O) groups excluding carboxylic acids is 2. The SMILES string of the molecule is Cc1ccc2c(ccn2CC(=O)N2CCC(=O)CC2)c1. The molecule has 3 rings (SSSR count). The molecule has 0 bridgehead atoms. The maximum atomic E-state index is 12.3. The summed E-state index contributed by atoms with van der Waals surface area (Å²) in [6.45, 7) is 3.54. The highest BCUT2D eigenvalue weighted by Gasteiger charge is 2.20. The molecule has 0 N–H and O–H groups in total. The summed E-state index contributed by atoms with van der Waals surface area (Å²) < 4.78 is 1.98. The molecule has 2 aromatic rings. The van der Waals surface area contributed by atoms with E-state index in [1.807, 2.05) is 16.8 Å². The lowest BCUT2D eigenvalue weighted by atomic mass is 10.1. The molecule has 4 nitrogen and oxygen atoms in total. The molecular formula is C16H18N2O2. The number of piperidine rings is 1. The molecule has 0 radical (unpaired) electrons. The summed E-state index contributed by atoms with van der Waals surface area (Å²) in [5, 5.41) is 1.16. The summed E-state index contributed by atoms with van der Waals surface area (Å²) in [7, 11) is 0. The van der Waals surface area contributed by atoms with Gasteiger partial charge in [0.15, 0.2) is 0 Å². The first-order valence-corrected chi connectivity index (χ1v) is 6.98. The van der Waals surface area contributed by atoms with E-state index in [2.05, 4.69) is 25.1 Å². The molecule has 1 aliphatic rings. The van der Waals surface area contributed by atoms with Crippen LogP contribution in [0, 0.1) is 6.92 Å². The van der Waals surface area contributed by atoms with Crippen molar-refractivity contribution < 1.29 is 9.59 Å². The molecule has 1 saturated heterocycles. The van der Waals surface area contributed by atoms with Gasteiger partial charge < -0.3 is 9.47 Å². The van der Waals surface area contributed by atoms with Crippen LogP contribution in [0.4, 0.5) is 0 Å². The van der Waals surface area contributed by atoms with Crippen LogP contribution >= 0.6 is 0 Å². The van der Waals surface area contributed by atoms with Crippen molar-refractivity contribution in [3.8, 4) is 0 Å². The monoisotopic (exact) mass is 270 g/mol. The predicted octanol–water partition coefficient (Wildman–Crippen LogP) is 2.14. The van der Waals surface area contributed by atoms with Crippen LogP contribution in [-0.2, 0) is 16.1 Å². The molecule has 1 aromatic carbocycles. The van der Waals surface area contributed by atoms with Gasteiger partial charge in [-0.25, -0.2) is 0 Å². The Balaban J connectivity index is 1.76. The van der Waals surface area contributed by atoms with E-state index in [9.17, 15) is 9.59 Å². The number of likely N-dealkylation sites (tertiary alicyclic amines) is 1. The predicted molar refractivity (Wildman–Crippen MR) is 77.5 cm³/mol. The molecule has 1 aliphatic heterocycles. The zero-order chi connectivity index (χ0) is 14.1. The van der Waals surface area contributed by atoms with Gasteiger partial charge in [0.25, 0.3) is 0 Å². The Labute approximate surface area is 118 Å². The van der Waals surface area contributed by atoms with Crippen molar-refractivity contribution in [1.29, 1.82) is 0 Å². The Morgan fingerprint density at radius 1 is 1.20 bits per heavy atom. The van der Waals surface area contributed by atoms with Gasteiger partial charge in [-0.3, -0.25) is 9.59 Å². The smallest absolute Gasteiger partial charge is 0.242 e. The number of carbonyl (C=O) groups is 2. The van der Waals surface area contributed by atoms with E-state index in [4.69, 9.17) is 0 Å². The molecule has 1 fully saturated rings. The van der Waals surface area contributed by atoms with E-state index in [1.54, 1.807) is 4.90 Å². The van der Waals surface area contributed by atoms with Gasteiger partial charge >= 0.3 is 0 Å². The van der Waals surface area contributed by atoms with Crippen LogP contribution in [0.3, 0.4) is 0 Å². The molecule has 20 heavy (non-hydrogen) atoms. The van der Waals surface area contributed by atoms with Gasteiger partial charge in [0.2, 0.25) is 5.91 Å². The normalized spacial score (nSPS) is 15.8. The third-order valence-corrected chi connectivity index (χ3v) is 3.91. The van der Waals surface area contributed by atoms with Crippen molar-refractivity contribution in [1.82, 2.24) is 9.47 Å². The number of aromatic nitrogens is 1. The van der Waals surface area contributed by atoms with Gasteiger partial charge in [0, 0.05) is 37.6 Å². The van der Waals surface area contributed by atoms with Crippen molar-refractivity contribution >= 4 is 22.6 Å². The minimum atomic E-state index is 0.0931. The Morgan fingerprint density at radius 2 is 1.95 bits per heavy atom. The van der Waals surface area contributed by atoms with Crippen molar-refractivity contribution in [3.63, 3.8) is 0 Å². The van der Waals surface area contributed by atoms with Gasteiger partial charge in [-0.2, -0.15) is 0 Å². The fraction of sp³-hybridized carbons (Fsp3) is 0.375. The van der Waals surface area contributed by atoms with E-state index >= 15 is 0 Å². The minimum Gasteiger partial charge on any atom is -0.340 e. The molecule has 0 aliphatic carbocycles. The summed E-state index contributed by atoms with van der Waals surface area (Å²) in [4.78, 5) is 25.3. The number of ketones is 1. The third-order valence-electron chi connectivity index (χ3n) is 3.91. The maximum absolute atomic E-state index is 12.3. The molecule has 4 heteroatoms. The largest absolute Gasteiger partial charge is 0.340 e. The fourth-order valence-electron chi connectivity index (χ4n) is 2.71. The molecule has 1 aromatic heterocycles. The molecule has 0 unspecified atom stereocenters. The number of nitrogens with zero attached hydrogens (tertiary/aromatic N) is 2. The van der Waals surface area contributed by atoms with E-state index in [0.717, 1.165) is 10.9 Å². The molecule has 0 atom stereocenters. The highest BCUT2D eigenvalue weighted by Crippen LogP contribution is 2.18. The van der Waals surface area contributed by atoms with E-state index in [1.165, 1.54) is 5.56 Å². The zero-order valence-corrected chi connectivity index (χ0v) is 11.6. The van der Waals surface area contributed by atoms with Crippen LogP contribution in [0.15, 0.2) is 30.5 Å². The van der Waals surface area contributed by atoms with Gasteiger partial charge in [0.1, 0.15) is 12.3 Å². The summed E-state index contributed by atoms with van der Waals surface area (Å²) >= 11 is 0. The quantitative estimate of drug-likeness (QED) is 0.839. The molecule has 104 valence electrons. The van der Waals surface area contributed by atoms with Gasteiger partial charge in [-0.05, 0) is 30.5 Å². The molecule has 2 heterocycles. The number of aryl methyl sites for hydroxylation is 1. The van der Waals surface area contributed by atoms with Crippen molar-refractivity contribution in [2.45, 2.75) is 26.3 Å². The Bertz CT molecular complexity index is 662. The average molecular weight is 270 g/mol. The summed E-state index contributed by atoms with van der Waals surface area (Å²) in [5.74, 6) is 0.353. The third kappa shape index (κ3) is 2.46. The lowest BCUT2D eigenvalue weighted by Crippen LogP contribution is -2.40. The topological polar surface area (TPSA) is 42.3 Å². The maximum Gasteiger partial charge on any atom is 0.242 e. The van der Waals surface area contributed by atoms with Gasteiger partial charge in [0.05, 0.1) is 0 Å².